The third kappa shape index (κ3) is 5.30. The van der Waals surface area contributed by atoms with Crippen LogP contribution in [0.25, 0.3) is 0 Å². The van der Waals surface area contributed by atoms with Crippen LogP contribution in [-0.2, 0) is 17.6 Å². The van der Waals surface area contributed by atoms with Gasteiger partial charge in [0.05, 0.1) is 21.3 Å². The lowest BCUT2D eigenvalue weighted by molar-refractivity contribution is -0.122. The molecule has 32 heavy (non-hydrogen) atoms. The molecule has 1 amide bonds. The van der Waals surface area contributed by atoms with Crippen LogP contribution in [0.15, 0.2) is 36.4 Å². The van der Waals surface area contributed by atoms with Crippen LogP contribution < -0.4 is 19.5 Å². The summed E-state index contributed by atoms with van der Waals surface area (Å²) >= 11 is 0. The summed E-state index contributed by atoms with van der Waals surface area (Å²) in [6.07, 6.45) is 4.17. The van der Waals surface area contributed by atoms with Crippen LogP contribution >= 0.6 is 12.4 Å². The van der Waals surface area contributed by atoms with E-state index in [1.165, 1.54) is 11.1 Å². The van der Waals surface area contributed by atoms with E-state index in [0.717, 1.165) is 61.6 Å². The molecule has 7 heteroatoms. The first kappa shape index (κ1) is 24.2. The van der Waals surface area contributed by atoms with Crippen molar-refractivity contribution in [2.24, 2.45) is 0 Å². The number of piperidine rings is 1. The molecule has 174 valence electrons. The number of nitrogens with one attached hydrogen (secondary N) is 1. The topological polar surface area (TPSA) is 60.0 Å². The van der Waals surface area contributed by atoms with E-state index in [9.17, 15) is 4.79 Å². The molecule has 2 aliphatic heterocycles. The molecule has 0 bridgehead atoms. The molecule has 2 aromatic carbocycles. The van der Waals surface area contributed by atoms with Crippen LogP contribution in [0.3, 0.4) is 0 Å². The van der Waals surface area contributed by atoms with E-state index in [1.54, 1.807) is 21.3 Å². The van der Waals surface area contributed by atoms with Crippen LogP contribution in [0.2, 0.25) is 0 Å². The Kier molecular flexibility index (Phi) is 8.26. The van der Waals surface area contributed by atoms with Crippen molar-refractivity contribution in [2.75, 3.05) is 34.4 Å². The zero-order valence-electron chi connectivity index (χ0n) is 19.1. The number of halogens is 1. The molecule has 2 aliphatic rings. The number of amides is 1. The third-order valence-electron chi connectivity index (χ3n) is 6.55. The molecule has 0 spiro atoms. The van der Waals surface area contributed by atoms with Crippen LogP contribution in [0, 0.1) is 0 Å². The number of hydrogen-bond donors (Lipinski definition) is 1. The quantitative estimate of drug-likeness (QED) is 0.678. The van der Waals surface area contributed by atoms with Gasteiger partial charge in [-0.2, -0.15) is 0 Å². The molecule has 4 rings (SSSR count). The molecular weight excluding hydrogens is 428 g/mol. The monoisotopic (exact) mass is 460 g/mol. The Bertz CT molecular complexity index is 919. The van der Waals surface area contributed by atoms with Gasteiger partial charge in [-0.05, 0) is 66.6 Å². The van der Waals surface area contributed by atoms with E-state index < -0.39 is 0 Å². The lowest BCUT2D eigenvalue weighted by Gasteiger charge is -2.43. The molecule has 2 aromatic rings. The minimum atomic E-state index is 0. The first-order valence-electron chi connectivity index (χ1n) is 11.0. The van der Waals surface area contributed by atoms with Gasteiger partial charge in [0, 0.05) is 31.6 Å². The average molecular weight is 461 g/mol. The second-order valence-electron chi connectivity index (χ2n) is 8.34. The summed E-state index contributed by atoms with van der Waals surface area (Å²) in [5.74, 6) is 2.52. The zero-order chi connectivity index (χ0) is 21.8. The van der Waals surface area contributed by atoms with Crippen molar-refractivity contribution in [3.05, 3.63) is 53.1 Å². The van der Waals surface area contributed by atoms with Gasteiger partial charge in [-0.1, -0.05) is 12.1 Å². The summed E-state index contributed by atoms with van der Waals surface area (Å²) < 4.78 is 16.2. The van der Waals surface area contributed by atoms with Crippen LogP contribution in [0.4, 0.5) is 0 Å². The Morgan fingerprint density at radius 1 is 1.03 bits per heavy atom. The first-order valence-corrected chi connectivity index (χ1v) is 11.0. The summed E-state index contributed by atoms with van der Waals surface area (Å²) in [7, 11) is 5.01. The highest BCUT2D eigenvalue weighted by Crippen LogP contribution is 2.41. The Hall–Kier alpha value is -2.44. The second kappa shape index (κ2) is 10.9. The fourth-order valence-corrected chi connectivity index (χ4v) is 4.81. The molecule has 0 aliphatic carbocycles. The number of benzene rings is 2. The molecule has 6 nitrogen and oxygen atoms in total. The summed E-state index contributed by atoms with van der Waals surface area (Å²) in [5.41, 5.74) is 3.78. The smallest absolute Gasteiger partial charge is 0.220 e. The fourth-order valence-electron chi connectivity index (χ4n) is 4.81. The van der Waals surface area contributed by atoms with Crippen molar-refractivity contribution in [1.82, 2.24) is 10.2 Å². The summed E-state index contributed by atoms with van der Waals surface area (Å²) in [6.45, 7) is 2.05. The molecule has 0 saturated carbocycles. The lowest BCUT2D eigenvalue weighted by atomic mass is 9.84. The number of hydrogen-bond acceptors (Lipinski definition) is 5. The van der Waals surface area contributed by atoms with Gasteiger partial charge in [-0.25, -0.2) is 0 Å². The molecule has 2 heterocycles. The van der Waals surface area contributed by atoms with Crippen molar-refractivity contribution in [1.29, 1.82) is 0 Å². The van der Waals surface area contributed by atoms with E-state index in [-0.39, 0.29) is 24.4 Å². The second-order valence-corrected chi connectivity index (χ2v) is 8.34. The maximum Gasteiger partial charge on any atom is 0.220 e. The molecule has 2 unspecified atom stereocenters. The highest BCUT2D eigenvalue weighted by atomic mass is 35.5. The average Bonchev–Trinajstić information content (AvgIpc) is 2.82. The van der Waals surface area contributed by atoms with E-state index in [2.05, 4.69) is 22.3 Å². The zero-order valence-corrected chi connectivity index (χ0v) is 19.9. The van der Waals surface area contributed by atoms with Gasteiger partial charge in [0.1, 0.15) is 5.75 Å². The minimum Gasteiger partial charge on any atom is -0.497 e. The maximum absolute atomic E-state index is 12.6. The van der Waals surface area contributed by atoms with Gasteiger partial charge < -0.3 is 19.5 Å². The number of methoxy groups -OCH3 is 3. The maximum atomic E-state index is 12.6. The highest BCUT2D eigenvalue weighted by molar-refractivity contribution is 5.85. The highest BCUT2D eigenvalue weighted by Gasteiger charge is 2.34. The Morgan fingerprint density at radius 2 is 1.75 bits per heavy atom. The SMILES string of the molecule is COc1ccc(CCC(=O)NC2CCN3CCc4cc(OC)c(OC)cc4C3C2)cc1.Cl. The fraction of sp³-hybridized carbons (Fsp3) is 0.480. The largest absolute Gasteiger partial charge is 0.497 e. The molecule has 0 radical (unpaired) electrons. The minimum absolute atomic E-state index is 0. The standard InChI is InChI=1S/C25H32N2O4.ClH/c1-29-20-7-4-17(5-8-20)6-9-25(28)26-19-11-13-27-12-10-18-14-23(30-2)24(31-3)16-21(18)22(27)15-19;/h4-5,7-8,14,16,19,22H,6,9-13,15H2,1-3H3,(H,26,28);1H. The van der Waals surface area contributed by atoms with Crippen LogP contribution in [0.5, 0.6) is 17.2 Å². The number of aryl methyl sites for hydroxylation is 1. The van der Waals surface area contributed by atoms with Gasteiger partial charge >= 0.3 is 0 Å². The normalized spacial score (nSPS) is 19.7. The summed E-state index contributed by atoms with van der Waals surface area (Å²) in [5, 5.41) is 3.28. The van der Waals surface area contributed by atoms with Gasteiger partial charge in [-0.15, -0.1) is 12.4 Å². The van der Waals surface area contributed by atoms with Crippen LogP contribution in [0.1, 0.15) is 42.0 Å². The van der Waals surface area contributed by atoms with Crippen molar-refractivity contribution >= 4 is 18.3 Å². The Labute approximate surface area is 196 Å². The third-order valence-corrected chi connectivity index (χ3v) is 6.55. The Morgan fingerprint density at radius 3 is 2.44 bits per heavy atom. The number of fused-ring (bicyclic) bond motifs is 3. The molecule has 0 aromatic heterocycles. The molecule has 1 fully saturated rings. The summed E-state index contributed by atoms with van der Waals surface area (Å²) in [4.78, 5) is 15.1. The van der Waals surface area contributed by atoms with E-state index in [0.29, 0.717) is 12.5 Å². The van der Waals surface area contributed by atoms with Crippen molar-refractivity contribution in [2.45, 2.75) is 44.2 Å². The van der Waals surface area contributed by atoms with E-state index in [4.69, 9.17) is 14.2 Å². The predicted octanol–water partition coefficient (Wildman–Crippen LogP) is 3.94. The van der Waals surface area contributed by atoms with Crippen molar-refractivity contribution in [3.8, 4) is 17.2 Å². The number of ether oxygens (including phenoxy) is 3. The van der Waals surface area contributed by atoms with Crippen molar-refractivity contribution in [3.63, 3.8) is 0 Å². The number of carbonyl (C=O) groups is 1. The van der Waals surface area contributed by atoms with Crippen molar-refractivity contribution < 1.29 is 19.0 Å². The van der Waals surface area contributed by atoms with Gasteiger partial charge in [0.25, 0.3) is 0 Å². The predicted molar refractivity (Wildman–Crippen MR) is 127 cm³/mol. The molecule has 1 saturated heterocycles. The van der Waals surface area contributed by atoms with E-state index in [1.807, 2.05) is 24.3 Å². The van der Waals surface area contributed by atoms with E-state index >= 15 is 0 Å². The Balaban J connectivity index is 0.00000289. The van der Waals surface area contributed by atoms with Gasteiger partial charge in [0.15, 0.2) is 11.5 Å². The van der Waals surface area contributed by atoms with Gasteiger partial charge in [0.2, 0.25) is 5.91 Å². The lowest BCUT2D eigenvalue weighted by Crippen LogP contribution is -2.48. The molecular formula is C25H33ClN2O4. The summed E-state index contributed by atoms with van der Waals surface area (Å²) in [6, 6.07) is 12.7. The number of nitrogens with zero attached hydrogens (tertiary/aromatic N) is 1. The molecule has 2 atom stereocenters. The molecule has 1 N–H and O–H groups in total. The first-order chi connectivity index (χ1) is 15.1. The number of rotatable bonds is 7. The van der Waals surface area contributed by atoms with Gasteiger partial charge in [-0.3, -0.25) is 9.69 Å². The van der Waals surface area contributed by atoms with Crippen LogP contribution in [-0.4, -0.2) is 51.3 Å². The number of carbonyl (C=O) groups excluding carboxylic acids is 1.